The lowest BCUT2D eigenvalue weighted by Gasteiger charge is -2.01. The number of nitrogens with zero attached hydrogens (tertiary/aromatic N) is 1. The number of alkyl halides is 1. The fraction of sp³-hybridized carbons (Fsp3) is 0.308. The Morgan fingerprint density at radius 1 is 1.41 bits per heavy atom. The van der Waals surface area contributed by atoms with Crippen molar-refractivity contribution in [3.63, 3.8) is 0 Å². The Labute approximate surface area is 105 Å². The predicted molar refractivity (Wildman–Crippen MR) is 67.5 cm³/mol. The monoisotopic (exact) mass is 251 g/mol. The second-order valence-electron chi connectivity index (χ2n) is 3.64. The highest BCUT2D eigenvalue weighted by Gasteiger charge is 2.06. The summed E-state index contributed by atoms with van der Waals surface area (Å²) in [6, 6.07) is 7.71. The fourth-order valence-corrected chi connectivity index (χ4v) is 1.69. The molecule has 0 saturated heterocycles. The van der Waals surface area contributed by atoms with Crippen molar-refractivity contribution in [1.29, 1.82) is 0 Å². The van der Waals surface area contributed by atoms with Gasteiger partial charge in [0.2, 0.25) is 0 Å². The van der Waals surface area contributed by atoms with Crippen molar-refractivity contribution in [3.05, 3.63) is 36.4 Å². The molecule has 0 amide bonds. The first-order valence-corrected chi connectivity index (χ1v) is 6.02. The number of benzene rings is 1. The zero-order valence-corrected chi connectivity index (χ0v) is 10.4. The summed E-state index contributed by atoms with van der Waals surface area (Å²) in [5, 5.41) is 0. The minimum atomic E-state index is 0.622. The van der Waals surface area contributed by atoms with Crippen molar-refractivity contribution < 1.29 is 9.15 Å². The molecular formula is C13H14ClNO2. The summed E-state index contributed by atoms with van der Waals surface area (Å²) >= 11 is 5.63. The van der Waals surface area contributed by atoms with Crippen molar-refractivity contribution in [2.45, 2.75) is 12.8 Å². The van der Waals surface area contributed by atoms with Crippen LogP contribution < -0.4 is 4.74 Å². The van der Waals surface area contributed by atoms with Crippen molar-refractivity contribution in [2.75, 3.05) is 13.0 Å². The van der Waals surface area contributed by atoms with Gasteiger partial charge in [0.15, 0.2) is 11.7 Å². The summed E-state index contributed by atoms with van der Waals surface area (Å²) in [5.41, 5.74) is 0.967. The van der Waals surface area contributed by atoms with Crippen molar-refractivity contribution in [2.24, 2.45) is 0 Å². The Balaban J connectivity index is 2.18. The normalized spacial score (nSPS) is 10.5. The molecule has 1 aromatic heterocycles. The maximum Gasteiger partial charge on any atom is 0.194 e. The molecule has 1 heterocycles. The van der Waals surface area contributed by atoms with Gasteiger partial charge in [-0.05, 0) is 18.6 Å². The number of halogens is 1. The third-order valence-electron chi connectivity index (χ3n) is 2.43. The minimum Gasteiger partial charge on any atom is -0.497 e. The first kappa shape index (κ1) is 12.0. The number of hydrogen-bond donors (Lipinski definition) is 0. The van der Waals surface area contributed by atoms with Gasteiger partial charge >= 0.3 is 0 Å². The van der Waals surface area contributed by atoms with Crippen LogP contribution in [0.4, 0.5) is 0 Å². The summed E-state index contributed by atoms with van der Waals surface area (Å²) in [6.45, 7) is 0. The van der Waals surface area contributed by atoms with Gasteiger partial charge in [-0.2, -0.15) is 0 Å². The number of hydrogen-bond acceptors (Lipinski definition) is 3. The molecule has 0 aliphatic heterocycles. The van der Waals surface area contributed by atoms with E-state index < -0.39 is 0 Å². The molecule has 0 radical (unpaired) electrons. The van der Waals surface area contributed by atoms with Crippen LogP contribution in [0.25, 0.3) is 11.3 Å². The van der Waals surface area contributed by atoms with Gasteiger partial charge in [-0.1, -0.05) is 12.1 Å². The van der Waals surface area contributed by atoms with Gasteiger partial charge in [0.05, 0.1) is 13.3 Å². The van der Waals surface area contributed by atoms with Crippen LogP contribution in [0, 0.1) is 0 Å². The molecule has 0 aliphatic rings. The maximum atomic E-state index is 5.65. The van der Waals surface area contributed by atoms with E-state index in [1.165, 1.54) is 0 Å². The molecule has 0 unspecified atom stereocenters. The second-order valence-corrected chi connectivity index (χ2v) is 4.02. The van der Waals surface area contributed by atoms with Gasteiger partial charge in [0.25, 0.3) is 0 Å². The van der Waals surface area contributed by atoms with Crippen LogP contribution in [0.15, 0.2) is 34.9 Å². The number of ether oxygens (including phenoxy) is 1. The quantitative estimate of drug-likeness (QED) is 0.763. The molecule has 17 heavy (non-hydrogen) atoms. The predicted octanol–water partition coefficient (Wildman–Crippen LogP) is 3.52. The van der Waals surface area contributed by atoms with Crippen LogP contribution in [0.2, 0.25) is 0 Å². The molecular weight excluding hydrogens is 238 g/mol. The number of oxazole rings is 1. The highest BCUT2D eigenvalue weighted by molar-refractivity contribution is 6.17. The van der Waals surface area contributed by atoms with Crippen LogP contribution in [0.1, 0.15) is 12.3 Å². The van der Waals surface area contributed by atoms with Gasteiger partial charge in [-0.25, -0.2) is 4.98 Å². The molecule has 0 bridgehead atoms. The van der Waals surface area contributed by atoms with Crippen LogP contribution in [0.3, 0.4) is 0 Å². The lowest BCUT2D eigenvalue weighted by molar-refractivity contribution is 0.414. The van der Waals surface area contributed by atoms with Crippen molar-refractivity contribution in [1.82, 2.24) is 4.98 Å². The molecule has 90 valence electrons. The van der Waals surface area contributed by atoms with Crippen molar-refractivity contribution in [3.8, 4) is 17.1 Å². The average molecular weight is 252 g/mol. The highest BCUT2D eigenvalue weighted by Crippen LogP contribution is 2.24. The van der Waals surface area contributed by atoms with E-state index in [9.17, 15) is 0 Å². The largest absolute Gasteiger partial charge is 0.497 e. The van der Waals surface area contributed by atoms with E-state index >= 15 is 0 Å². The maximum absolute atomic E-state index is 5.65. The summed E-state index contributed by atoms with van der Waals surface area (Å²) in [4.78, 5) is 4.22. The molecule has 4 heteroatoms. The van der Waals surface area contributed by atoms with E-state index in [2.05, 4.69) is 4.98 Å². The van der Waals surface area contributed by atoms with Crippen LogP contribution >= 0.6 is 11.6 Å². The standard InChI is InChI=1S/C13H14ClNO2/c1-16-11-5-2-4-10(8-11)12-9-15-13(17-12)6-3-7-14/h2,4-5,8-9H,3,6-7H2,1H3. The zero-order chi connectivity index (χ0) is 12.1. The van der Waals surface area contributed by atoms with E-state index in [0.29, 0.717) is 5.88 Å². The Morgan fingerprint density at radius 3 is 3.06 bits per heavy atom. The van der Waals surface area contributed by atoms with Gasteiger partial charge in [-0.3, -0.25) is 0 Å². The summed E-state index contributed by atoms with van der Waals surface area (Å²) in [5.74, 6) is 2.91. The summed E-state index contributed by atoms with van der Waals surface area (Å²) in [6.07, 6.45) is 3.38. The SMILES string of the molecule is COc1cccc(-c2cnc(CCCCl)o2)c1. The summed E-state index contributed by atoms with van der Waals surface area (Å²) in [7, 11) is 1.64. The van der Waals surface area contributed by atoms with E-state index in [4.69, 9.17) is 20.8 Å². The Hall–Kier alpha value is -1.48. The Kier molecular flexibility index (Phi) is 4.04. The second kappa shape index (κ2) is 5.73. The molecule has 0 spiro atoms. The number of aromatic nitrogens is 1. The molecule has 2 rings (SSSR count). The minimum absolute atomic E-state index is 0.622. The molecule has 0 fully saturated rings. The molecule has 3 nitrogen and oxygen atoms in total. The fourth-order valence-electron chi connectivity index (χ4n) is 1.55. The van der Waals surface area contributed by atoms with Gasteiger partial charge in [0.1, 0.15) is 5.75 Å². The number of methoxy groups -OCH3 is 1. The Morgan fingerprint density at radius 2 is 2.29 bits per heavy atom. The van der Waals surface area contributed by atoms with Crippen LogP contribution in [-0.2, 0) is 6.42 Å². The zero-order valence-electron chi connectivity index (χ0n) is 9.65. The van der Waals surface area contributed by atoms with Crippen LogP contribution in [-0.4, -0.2) is 18.0 Å². The molecule has 0 N–H and O–H groups in total. The van der Waals surface area contributed by atoms with Crippen LogP contribution in [0.5, 0.6) is 5.75 Å². The molecule has 0 saturated carbocycles. The average Bonchev–Trinajstić information content (AvgIpc) is 2.85. The van der Waals surface area contributed by atoms with E-state index in [1.54, 1.807) is 13.3 Å². The molecule has 1 aromatic carbocycles. The van der Waals surface area contributed by atoms with Gasteiger partial charge in [0, 0.05) is 17.9 Å². The van der Waals surface area contributed by atoms with Crippen molar-refractivity contribution >= 4 is 11.6 Å². The molecule has 0 aliphatic carbocycles. The highest BCUT2D eigenvalue weighted by atomic mass is 35.5. The number of aryl methyl sites for hydroxylation is 1. The third-order valence-corrected chi connectivity index (χ3v) is 2.70. The third kappa shape index (κ3) is 3.01. The van der Waals surface area contributed by atoms with E-state index in [-0.39, 0.29) is 0 Å². The van der Waals surface area contributed by atoms with Gasteiger partial charge < -0.3 is 9.15 Å². The first-order valence-electron chi connectivity index (χ1n) is 5.48. The smallest absolute Gasteiger partial charge is 0.194 e. The molecule has 2 aromatic rings. The first-order chi connectivity index (χ1) is 8.33. The number of rotatable bonds is 5. The summed E-state index contributed by atoms with van der Waals surface area (Å²) < 4.78 is 10.8. The van der Waals surface area contributed by atoms with E-state index in [0.717, 1.165) is 35.8 Å². The Bertz CT molecular complexity index is 482. The van der Waals surface area contributed by atoms with E-state index in [1.807, 2.05) is 24.3 Å². The molecule has 0 atom stereocenters. The lowest BCUT2D eigenvalue weighted by Crippen LogP contribution is -1.84. The lowest BCUT2D eigenvalue weighted by atomic mass is 10.2. The topological polar surface area (TPSA) is 35.3 Å². The van der Waals surface area contributed by atoms with Gasteiger partial charge in [-0.15, -0.1) is 11.6 Å².